The molecule has 0 bridgehead atoms. The fraction of sp³-hybridized carbons (Fsp3) is 0.304. The van der Waals surface area contributed by atoms with Crippen LogP contribution in [0.25, 0.3) is 21.0 Å². The molecule has 1 aromatic carbocycles. The number of oxazole rings is 1. The van der Waals surface area contributed by atoms with Gasteiger partial charge in [0.25, 0.3) is 5.56 Å². The summed E-state index contributed by atoms with van der Waals surface area (Å²) in [6.07, 6.45) is 2.53. The minimum atomic E-state index is -0.479. The third-order valence-corrected chi connectivity index (χ3v) is 6.88. The van der Waals surface area contributed by atoms with Crippen molar-refractivity contribution >= 4 is 21.6 Å². The fourth-order valence-corrected chi connectivity index (χ4v) is 5.26. The molecular weight excluding hydrogens is 470 g/mol. The number of ether oxygens (including phenoxy) is 1. The highest BCUT2D eigenvalue weighted by molar-refractivity contribution is 7.22. The lowest BCUT2D eigenvalue weighted by molar-refractivity contribution is -0.00337. The van der Waals surface area contributed by atoms with Gasteiger partial charge in [-0.1, -0.05) is 30.3 Å². The summed E-state index contributed by atoms with van der Waals surface area (Å²) in [6, 6.07) is 9.71. The van der Waals surface area contributed by atoms with Gasteiger partial charge in [0.15, 0.2) is 5.82 Å². The molecule has 0 fully saturated rings. The Morgan fingerprint density at radius 2 is 1.97 bits per heavy atom. The summed E-state index contributed by atoms with van der Waals surface area (Å²) in [6.45, 7) is 5.83. The highest BCUT2D eigenvalue weighted by Gasteiger charge is 2.25. The molecule has 0 amide bonds. The fourth-order valence-electron chi connectivity index (χ4n) is 4.02. The molecule has 0 unspecified atom stereocenters. The van der Waals surface area contributed by atoms with Gasteiger partial charge in [-0.15, -0.1) is 16.4 Å². The van der Waals surface area contributed by atoms with Crippen molar-refractivity contribution in [2.24, 2.45) is 0 Å². The molecule has 4 aromatic heterocycles. The molecule has 1 N–H and O–H groups in total. The van der Waals surface area contributed by atoms with Crippen molar-refractivity contribution < 1.29 is 9.15 Å². The van der Waals surface area contributed by atoms with E-state index in [0.29, 0.717) is 32.4 Å². The minimum Gasteiger partial charge on any atom is -0.444 e. The van der Waals surface area contributed by atoms with Crippen molar-refractivity contribution in [1.82, 2.24) is 34.7 Å². The molecule has 12 heteroatoms. The van der Waals surface area contributed by atoms with Gasteiger partial charge >= 0.3 is 5.69 Å². The Labute approximate surface area is 203 Å². The first kappa shape index (κ1) is 22.9. The molecule has 4 heterocycles. The highest BCUT2D eigenvalue weighted by atomic mass is 32.1. The number of H-pyrrole nitrogens is 1. The summed E-state index contributed by atoms with van der Waals surface area (Å²) in [5.41, 5.74) is 0.717. The average molecular weight is 494 g/mol. The van der Waals surface area contributed by atoms with Crippen LogP contribution in [0.1, 0.15) is 36.9 Å². The van der Waals surface area contributed by atoms with Crippen molar-refractivity contribution in [2.75, 3.05) is 0 Å². The van der Waals surface area contributed by atoms with Gasteiger partial charge in [-0.05, 0) is 42.3 Å². The van der Waals surface area contributed by atoms with E-state index >= 15 is 0 Å². The first-order chi connectivity index (χ1) is 16.9. The Morgan fingerprint density at radius 3 is 2.63 bits per heavy atom. The van der Waals surface area contributed by atoms with E-state index in [1.54, 1.807) is 10.8 Å². The van der Waals surface area contributed by atoms with Gasteiger partial charge in [-0.3, -0.25) is 13.9 Å². The summed E-state index contributed by atoms with van der Waals surface area (Å²) in [5, 5.41) is 14.0. The van der Waals surface area contributed by atoms with E-state index in [0.717, 1.165) is 10.1 Å². The zero-order valence-electron chi connectivity index (χ0n) is 19.3. The van der Waals surface area contributed by atoms with Gasteiger partial charge in [-0.2, -0.15) is 0 Å². The molecule has 0 aliphatic rings. The summed E-state index contributed by atoms with van der Waals surface area (Å²) in [4.78, 5) is 32.8. The van der Waals surface area contributed by atoms with Gasteiger partial charge in [0.2, 0.25) is 5.89 Å². The Balaban J connectivity index is 1.74. The number of aryl methyl sites for hydroxylation is 1. The van der Waals surface area contributed by atoms with Crippen LogP contribution in [0.4, 0.5) is 0 Å². The standard InChI is InChI=1S/C23H23N7O4S/c1-13(2)34-16(15-7-5-4-6-8-15)11-30-22-18(14(3)19(35-22)20-24-9-10-33-20)21(31)29(23(30)32)12-17-25-27-28-26-17/h4-10,13,16H,11-12H2,1-3H3,(H,25,26,27,28)/t16-/m1/s1. The van der Waals surface area contributed by atoms with Gasteiger partial charge in [0, 0.05) is 0 Å². The van der Waals surface area contributed by atoms with Crippen LogP contribution in [0.5, 0.6) is 0 Å². The van der Waals surface area contributed by atoms with E-state index in [1.807, 2.05) is 51.1 Å². The lowest BCUT2D eigenvalue weighted by atomic mass is 10.1. The molecule has 35 heavy (non-hydrogen) atoms. The Hall–Kier alpha value is -3.90. The number of fused-ring (bicyclic) bond motifs is 1. The molecular formula is C23H23N7O4S. The van der Waals surface area contributed by atoms with Crippen LogP contribution in [0.15, 0.2) is 56.8 Å². The maximum absolute atomic E-state index is 13.7. The Bertz CT molecular complexity index is 1550. The van der Waals surface area contributed by atoms with Gasteiger partial charge in [-0.25, -0.2) is 14.9 Å². The van der Waals surface area contributed by atoms with Crippen LogP contribution in [0.3, 0.4) is 0 Å². The number of aromatic nitrogens is 7. The number of aromatic amines is 1. The molecule has 0 aliphatic carbocycles. The van der Waals surface area contributed by atoms with E-state index < -0.39 is 17.4 Å². The van der Waals surface area contributed by atoms with Gasteiger partial charge in [0.05, 0.1) is 35.7 Å². The number of nitrogens with one attached hydrogen (secondary N) is 1. The normalized spacial score (nSPS) is 12.6. The second-order valence-electron chi connectivity index (χ2n) is 8.29. The Kier molecular flexibility index (Phi) is 6.14. The zero-order chi connectivity index (χ0) is 24.5. The van der Waals surface area contributed by atoms with Crippen molar-refractivity contribution in [2.45, 2.75) is 46.1 Å². The molecule has 1 atom stereocenters. The minimum absolute atomic E-state index is 0.0782. The molecule has 5 aromatic rings. The summed E-state index contributed by atoms with van der Waals surface area (Å²) in [5.74, 6) is 0.695. The smallest absolute Gasteiger partial charge is 0.332 e. The lowest BCUT2D eigenvalue weighted by Crippen LogP contribution is -2.41. The van der Waals surface area contributed by atoms with Crippen molar-refractivity contribution in [1.29, 1.82) is 0 Å². The number of hydrogen-bond acceptors (Lipinski definition) is 9. The van der Waals surface area contributed by atoms with E-state index in [4.69, 9.17) is 9.15 Å². The van der Waals surface area contributed by atoms with Crippen LogP contribution >= 0.6 is 11.3 Å². The maximum atomic E-state index is 13.7. The van der Waals surface area contributed by atoms with Crippen LogP contribution in [-0.2, 0) is 17.8 Å². The monoisotopic (exact) mass is 493 g/mol. The van der Waals surface area contributed by atoms with Crippen LogP contribution < -0.4 is 11.2 Å². The van der Waals surface area contributed by atoms with E-state index in [1.165, 1.54) is 17.6 Å². The quantitative estimate of drug-likeness (QED) is 0.349. The average Bonchev–Trinajstić information content (AvgIpc) is 3.61. The number of thiophene rings is 1. The van der Waals surface area contributed by atoms with Crippen molar-refractivity contribution in [3.63, 3.8) is 0 Å². The first-order valence-electron chi connectivity index (χ1n) is 11.0. The van der Waals surface area contributed by atoms with E-state index in [2.05, 4.69) is 25.6 Å². The molecule has 180 valence electrons. The second kappa shape index (κ2) is 9.39. The predicted molar refractivity (Wildman–Crippen MR) is 129 cm³/mol. The number of rotatable bonds is 8. The van der Waals surface area contributed by atoms with Crippen LogP contribution in [-0.4, -0.2) is 40.8 Å². The molecule has 11 nitrogen and oxygen atoms in total. The topological polar surface area (TPSA) is 134 Å². The summed E-state index contributed by atoms with van der Waals surface area (Å²) in [7, 11) is 0. The number of tetrazole rings is 1. The molecule has 0 radical (unpaired) electrons. The van der Waals surface area contributed by atoms with Crippen molar-refractivity contribution in [3.8, 4) is 10.8 Å². The molecule has 0 saturated heterocycles. The SMILES string of the molecule is Cc1c(-c2ncco2)sc2c1c(=O)n(Cc1nnn[nH]1)c(=O)n2C[C@@H](OC(C)C)c1ccccc1. The third kappa shape index (κ3) is 4.33. The second-order valence-corrected chi connectivity index (χ2v) is 9.29. The Morgan fingerprint density at radius 1 is 1.17 bits per heavy atom. The first-order valence-corrected chi connectivity index (χ1v) is 11.8. The molecule has 0 aliphatic heterocycles. The molecule has 0 saturated carbocycles. The molecule has 5 rings (SSSR count). The van der Waals surface area contributed by atoms with E-state index in [-0.39, 0.29) is 19.2 Å². The van der Waals surface area contributed by atoms with Crippen molar-refractivity contribution in [3.05, 3.63) is 80.6 Å². The highest BCUT2D eigenvalue weighted by Crippen LogP contribution is 2.36. The number of hydrogen-bond donors (Lipinski definition) is 1. The molecule has 0 spiro atoms. The summed E-state index contributed by atoms with van der Waals surface area (Å²) < 4.78 is 14.5. The van der Waals surface area contributed by atoms with E-state index in [9.17, 15) is 9.59 Å². The number of nitrogens with zero attached hydrogens (tertiary/aromatic N) is 6. The van der Waals surface area contributed by atoms with Crippen LogP contribution in [0, 0.1) is 6.92 Å². The zero-order valence-corrected chi connectivity index (χ0v) is 20.2. The maximum Gasteiger partial charge on any atom is 0.332 e. The van der Waals surface area contributed by atoms with Crippen LogP contribution in [0.2, 0.25) is 0 Å². The summed E-state index contributed by atoms with van der Waals surface area (Å²) >= 11 is 1.30. The predicted octanol–water partition coefficient (Wildman–Crippen LogP) is 2.92. The lowest BCUT2D eigenvalue weighted by Gasteiger charge is -2.22. The van der Waals surface area contributed by atoms with Gasteiger partial charge in [0.1, 0.15) is 17.2 Å². The van der Waals surface area contributed by atoms with Gasteiger partial charge < -0.3 is 9.15 Å². The third-order valence-electron chi connectivity index (χ3n) is 5.57. The largest absolute Gasteiger partial charge is 0.444 e. The number of benzene rings is 1.